The van der Waals surface area contributed by atoms with Crippen LogP contribution in [0.2, 0.25) is 0 Å². The molecule has 0 spiro atoms. The van der Waals surface area contributed by atoms with Crippen molar-refractivity contribution < 1.29 is 19.4 Å². The summed E-state index contributed by atoms with van der Waals surface area (Å²) >= 11 is 1.60. The van der Waals surface area contributed by atoms with E-state index in [0.29, 0.717) is 5.75 Å². The molecule has 0 heterocycles. The molecule has 1 amide bonds. The van der Waals surface area contributed by atoms with Gasteiger partial charge in [0.05, 0.1) is 17.2 Å². The molecule has 0 aliphatic carbocycles. The van der Waals surface area contributed by atoms with Crippen LogP contribution in [0.3, 0.4) is 0 Å². The zero-order valence-electron chi connectivity index (χ0n) is 19.7. The lowest BCUT2D eigenvalue weighted by Crippen LogP contribution is -2.42. The topological polar surface area (TPSA) is 75.6 Å². The van der Waals surface area contributed by atoms with Crippen molar-refractivity contribution in [1.29, 1.82) is 0 Å². The summed E-state index contributed by atoms with van der Waals surface area (Å²) in [7, 11) is 0. The Hall–Kier alpha value is -3.25. The number of nitrogens with one attached hydrogen (secondary N) is 1. The quantitative estimate of drug-likeness (QED) is 0.365. The molecule has 3 aromatic carbocycles. The molecule has 0 unspecified atom stereocenters. The molecule has 0 saturated carbocycles. The third kappa shape index (κ3) is 6.64. The molecule has 2 N–H and O–H groups in total. The minimum absolute atomic E-state index is 0.208. The Morgan fingerprint density at radius 3 is 1.59 bits per heavy atom. The lowest BCUT2D eigenvalue weighted by Gasteiger charge is -2.36. The summed E-state index contributed by atoms with van der Waals surface area (Å²) in [6, 6.07) is 29.8. The zero-order valence-corrected chi connectivity index (χ0v) is 20.5. The largest absolute Gasteiger partial charge is 0.481 e. The van der Waals surface area contributed by atoms with Gasteiger partial charge in [0.15, 0.2) is 0 Å². The van der Waals surface area contributed by atoms with Crippen LogP contribution in [0.5, 0.6) is 0 Å². The number of hydrogen-bond donors (Lipinski definition) is 2. The van der Waals surface area contributed by atoms with Crippen LogP contribution in [0.1, 0.15) is 43.9 Å². The Kier molecular flexibility index (Phi) is 8.40. The summed E-state index contributed by atoms with van der Waals surface area (Å²) in [5, 5.41) is 12.3. The number of hydrogen-bond acceptors (Lipinski definition) is 4. The van der Waals surface area contributed by atoms with Crippen LogP contribution in [-0.4, -0.2) is 34.6 Å². The first kappa shape index (κ1) is 25.4. The first-order valence-electron chi connectivity index (χ1n) is 11.2. The van der Waals surface area contributed by atoms with Crippen LogP contribution in [0.15, 0.2) is 91.0 Å². The van der Waals surface area contributed by atoms with Crippen LogP contribution in [0.25, 0.3) is 0 Å². The van der Waals surface area contributed by atoms with E-state index in [1.165, 1.54) is 0 Å². The molecule has 3 rings (SSSR count). The van der Waals surface area contributed by atoms with E-state index in [0.717, 1.165) is 16.7 Å². The molecule has 5 nitrogen and oxygen atoms in total. The number of thioether (sulfide) groups is 1. The number of alkyl carbamates (subject to hydrolysis) is 1. The number of carbonyl (C=O) groups is 2. The second-order valence-electron chi connectivity index (χ2n) is 9.03. The molecule has 0 aromatic heterocycles. The zero-order chi connectivity index (χ0) is 24.6. The lowest BCUT2D eigenvalue weighted by atomic mass is 9.84. The molecule has 3 aromatic rings. The van der Waals surface area contributed by atoms with Crippen molar-refractivity contribution in [3.8, 4) is 0 Å². The average Bonchev–Trinajstić information content (AvgIpc) is 2.80. The predicted octanol–water partition coefficient (Wildman–Crippen LogP) is 6.08. The summed E-state index contributed by atoms with van der Waals surface area (Å²) in [6.45, 7) is 5.33. The maximum Gasteiger partial charge on any atom is 0.407 e. The number of carboxylic acids is 1. The number of carboxylic acid groups (broad SMARTS) is 1. The van der Waals surface area contributed by atoms with Gasteiger partial charge in [-0.05, 0) is 37.5 Å². The third-order valence-corrected chi connectivity index (χ3v) is 6.89. The number of rotatable bonds is 9. The van der Waals surface area contributed by atoms with E-state index in [9.17, 15) is 14.7 Å². The SMILES string of the molecule is CC(C)(C)OC(=O)N[C@@H](CSC(c1ccccc1)(c1ccccc1)c1ccccc1)CC(=O)O. The Bertz CT molecular complexity index is 969. The fourth-order valence-corrected chi connectivity index (χ4v) is 5.39. The number of amides is 1. The molecule has 0 aliphatic rings. The van der Waals surface area contributed by atoms with E-state index in [2.05, 4.69) is 41.7 Å². The molecule has 1 atom stereocenters. The summed E-state index contributed by atoms with van der Waals surface area (Å²) in [4.78, 5) is 24.1. The van der Waals surface area contributed by atoms with E-state index >= 15 is 0 Å². The van der Waals surface area contributed by atoms with Gasteiger partial charge in [-0.25, -0.2) is 4.79 Å². The Balaban J connectivity index is 2.02. The predicted molar refractivity (Wildman–Crippen MR) is 137 cm³/mol. The van der Waals surface area contributed by atoms with Crippen LogP contribution < -0.4 is 5.32 Å². The number of carbonyl (C=O) groups excluding carboxylic acids is 1. The summed E-state index contributed by atoms with van der Waals surface area (Å²) in [5.41, 5.74) is 2.54. The molecular weight excluding hydrogens is 446 g/mol. The minimum atomic E-state index is -0.980. The van der Waals surface area contributed by atoms with Crippen molar-refractivity contribution in [2.75, 3.05) is 5.75 Å². The Morgan fingerprint density at radius 2 is 1.24 bits per heavy atom. The van der Waals surface area contributed by atoms with Crippen molar-refractivity contribution in [2.24, 2.45) is 0 Å². The fourth-order valence-electron chi connectivity index (χ4n) is 3.83. The normalized spacial score (nSPS) is 12.6. The highest BCUT2D eigenvalue weighted by molar-refractivity contribution is 8.00. The second kappa shape index (κ2) is 11.3. The number of benzene rings is 3. The van der Waals surface area contributed by atoms with Crippen LogP contribution in [0.4, 0.5) is 4.79 Å². The fraction of sp³-hybridized carbons (Fsp3) is 0.286. The smallest absolute Gasteiger partial charge is 0.407 e. The Morgan fingerprint density at radius 1 is 0.824 bits per heavy atom. The first-order chi connectivity index (χ1) is 16.2. The molecule has 0 saturated heterocycles. The molecule has 0 radical (unpaired) electrons. The minimum Gasteiger partial charge on any atom is -0.481 e. The first-order valence-corrected chi connectivity index (χ1v) is 12.2. The number of aliphatic carboxylic acids is 1. The summed E-state index contributed by atoms with van der Waals surface area (Å²) in [6.07, 6.45) is -0.829. The summed E-state index contributed by atoms with van der Waals surface area (Å²) < 4.78 is 4.78. The van der Waals surface area contributed by atoms with Crippen LogP contribution >= 0.6 is 11.8 Å². The maximum absolute atomic E-state index is 12.4. The second-order valence-corrected chi connectivity index (χ2v) is 10.3. The molecule has 0 fully saturated rings. The van der Waals surface area contributed by atoms with E-state index in [1.54, 1.807) is 32.5 Å². The van der Waals surface area contributed by atoms with Gasteiger partial charge in [0.1, 0.15) is 5.60 Å². The monoisotopic (exact) mass is 477 g/mol. The molecule has 34 heavy (non-hydrogen) atoms. The highest BCUT2D eigenvalue weighted by atomic mass is 32.2. The van der Waals surface area contributed by atoms with Crippen molar-refractivity contribution in [2.45, 2.75) is 43.6 Å². The van der Waals surface area contributed by atoms with E-state index in [1.807, 2.05) is 54.6 Å². The number of ether oxygens (including phenoxy) is 1. The van der Waals surface area contributed by atoms with Gasteiger partial charge in [0.2, 0.25) is 0 Å². The van der Waals surface area contributed by atoms with Gasteiger partial charge in [0.25, 0.3) is 0 Å². The molecule has 0 bridgehead atoms. The van der Waals surface area contributed by atoms with E-state index in [4.69, 9.17) is 4.74 Å². The molecule has 178 valence electrons. The highest BCUT2D eigenvalue weighted by Gasteiger charge is 2.38. The Labute approximate surface area is 205 Å². The van der Waals surface area contributed by atoms with Gasteiger partial charge in [-0.15, -0.1) is 11.8 Å². The van der Waals surface area contributed by atoms with Crippen molar-refractivity contribution in [3.63, 3.8) is 0 Å². The van der Waals surface area contributed by atoms with Gasteiger partial charge < -0.3 is 15.2 Å². The average molecular weight is 478 g/mol. The van der Waals surface area contributed by atoms with Gasteiger partial charge in [-0.1, -0.05) is 91.0 Å². The van der Waals surface area contributed by atoms with Crippen molar-refractivity contribution in [3.05, 3.63) is 108 Å². The third-order valence-electron chi connectivity index (χ3n) is 5.18. The van der Waals surface area contributed by atoms with Gasteiger partial charge >= 0.3 is 12.1 Å². The van der Waals surface area contributed by atoms with E-state index in [-0.39, 0.29) is 6.42 Å². The molecular formula is C28H31NO4S. The van der Waals surface area contributed by atoms with Gasteiger partial charge in [-0.3, -0.25) is 4.79 Å². The standard InChI is InChI=1S/C28H31NO4S/c1-27(2,3)33-26(32)29-24(19-25(30)31)20-34-28(21-13-7-4-8-14-21,22-15-9-5-10-16-22)23-17-11-6-12-18-23/h4-18,24H,19-20H2,1-3H3,(H,29,32)(H,30,31)/t24-/m1/s1. The van der Waals surface area contributed by atoms with Gasteiger partial charge in [-0.2, -0.15) is 0 Å². The maximum atomic E-state index is 12.4. The van der Waals surface area contributed by atoms with E-state index < -0.39 is 28.5 Å². The van der Waals surface area contributed by atoms with Crippen LogP contribution in [0, 0.1) is 0 Å². The van der Waals surface area contributed by atoms with Crippen LogP contribution in [-0.2, 0) is 14.3 Å². The lowest BCUT2D eigenvalue weighted by molar-refractivity contribution is -0.137. The molecule has 6 heteroatoms. The summed E-state index contributed by atoms with van der Waals surface area (Å²) in [5.74, 6) is -0.615. The molecule has 0 aliphatic heterocycles. The van der Waals surface area contributed by atoms with Gasteiger partial charge in [0, 0.05) is 5.75 Å². The highest BCUT2D eigenvalue weighted by Crippen LogP contribution is 2.48. The van der Waals surface area contributed by atoms with Crippen molar-refractivity contribution in [1.82, 2.24) is 5.32 Å². The van der Waals surface area contributed by atoms with Crippen molar-refractivity contribution >= 4 is 23.8 Å².